The number of hydrogen-bond acceptors (Lipinski definition) is 4. The lowest BCUT2D eigenvalue weighted by molar-refractivity contribution is -0.136. The van der Waals surface area contributed by atoms with Gasteiger partial charge in [-0.25, -0.2) is 4.79 Å². The SMILES string of the molecule is CCC(=N)C(=O)ON. The molecule has 0 amide bonds. The van der Waals surface area contributed by atoms with Gasteiger partial charge in [0.1, 0.15) is 5.71 Å². The van der Waals surface area contributed by atoms with Crippen LogP contribution in [-0.2, 0) is 9.63 Å². The van der Waals surface area contributed by atoms with Crippen molar-refractivity contribution in [3.63, 3.8) is 0 Å². The highest BCUT2D eigenvalue weighted by molar-refractivity contribution is 6.34. The first-order chi connectivity index (χ1) is 3.72. The van der Waals surface area contributed by atoms with Crippen LogP contribution in [0.15, 0.2) is 0 Å². The molecule has 0 radical (unpaired) electrons. The molecule has 0 saturated carbocycles. The zero-order chi connectivity index (χ0) is 6.57. The summed E-state index contributed by atoms with van der Waals surface area (Å²) in [5.41, 5.74) is -0.104. The molecule has 0 atom stereocenters. The fraction of sp³-hybridized carbons (Fsp3) is 0.500. The van der Waals surface area contributed by atoms with Crippen LogP contribution < -0.4 is 5.90 Å². The molecule has 4 nitrogen and oxygen atoms in total. The van der Waals surface area contributed by atoms with E-state index in [4.69, 9.17) is 5.41 Å². The molecule has 0 fully saturated rings. The summed E-state index contributed by atoms with van der Waals surface area (Å²) >= 11 is 0. The standard InChI is InChI=1S/C4H8N2O2/c1-2-3(5)4(7)8-6/h5H,2,6H2,1H3. The van der Waals surface area contributed by atoms with E-state index in [-0.39, 0.29) is 5.71 Å². The smallest absolute Gasteiger partial charge is 0.369 e. The van der Waals surface area contributed by atoms with Gasteiger partial charge in [-0.15, -0.1) is 0 Å². The molecule has 0 aliphatic carbocycles. The summed E-state index contributed by atoms with van der Waals surface area (Å²) in [5.74, 6) is 3.70. The Morgan fingerprint density at radius 2 is 2.38 bits per heavy atom. The molecule has 0 unspecified atom stereocenters. The van der Waals surface area contributed by atoms with Gasteiger partial charge in [0.25, 0.3) is 0 Å². The van der Waals surface area contributed by atoms with Crippen LogP contribution in [0.2, 0.25) is 0 Å². The minimum Gasteiger partial charge on any atom is -0.369 e. The number of nitrogens with one attached hydrogen (secondary N) is 1. The summed E-state index contributed by atoms with van der Waals surface area (Å²) in [5, 5.41) is 6.79. The van der Waals surface area contributed by atoms with E-state index in [2.05, 4.69) is 10.7 Å². The van der Waals surface area contributed by atoms with Crippen LogP contribution >= 0.6 is 0 Å². The Hall–Kier alpha value is -0.900. The molecule has 0 aliphatic rings. The molecular formula is C4H8N2O2. The second-order valence-corrected chi connectivity index (χ2v) is 1.24. The zero-order valence-corrected chi connectivity index (χ0v) is 4.60. The molecule has 0 aliphatic heterocycles. The van der Waals surface area contributed by atoms with Crippen molar-refractivity contribution in [1.82, 2.24) is 0 Å². The fourth-order valence-corrected chi connectivity index (χ4v) is 0.215. The Balaban J connectivity index is 3.64. The number of rotatable bonds is 2. The number of carbonyl (C=O) groups is 1. The lowest BCUT2D eigenvalue weighted by Crippen LogP contribution is -2.18. The summed E-state index contributed by atoms with van der Waals surface area (Å²) < 4.78 is 0. The molecule has 0 rings (SSSR count). The van der Waals surface area contributed by atoms with E-state index in [0.29, 0.717) is 6.42 Å². The van der Waals surface area contributed by atoms with Crippen molar-refractivity contribution in [1.29, 1.82) is 5.41 Å². The predicted octanol–water partition coefficient (Wildman–Crippen LogP) is -0.167. The maximum atomic E-state index is 10.2. The Bertz CT molecular complexity index is 96.6. The van der Waals surface area contributed by atoms with Gasteiger partial charge in [-0.1, -0.05) is 6.92 Å². The van der Waals surface area contributed by atoms with Crippen molar-refractivity contribution >= 4 is 11.7 Å². The van der Waals surface area contributed by atoms with Crippen LogP contribution in [0.25, 0.3) is 0 Å². The summed E-state index contributed by atoms with van der Waals surface area (Å²) in [6.07, 6.45) is 0.357. The highest BCUT2D eigenvalue weighted by Gasteiger charge is 2.04. The fourth-order valence-electron chi connectivity index (χ4n) is 0.215. The second-order valence-electron chi connectivity index (χ2n) is 1.24. The van der Waals surface area contributed by atoms with E-state index in [9.17, 15) is 4.79 Å². The molecule has 0 aromatic carbocycles. The van der Waals surface area contributed by atoms with Gasteiger partial charge in [0.05, 0.1) is 0 Å². The van der Waals surface area contributed by atoms with Crippen LogP contribution in [0.1, 0.15) is 13.3 Å². The largest absolute Gasteiger partial charge is 0.370 e. The normalized spacial score (nSPS) is 8.25. The van der Waals surface area contributed by atoms with Crippen LogP contribution in [0.5, 0.6) is 0 Å². The Morgan fingerprint density at radius 1 is 1.88 bits per heavy atom. The number of carbonyl (C=O) groups excluding carboxylic acids is 1. The topological polar surface area (TPSA) is 76.2 Å². The monoisotopic (exact) mass is 116 g/mol. The van der Waals surface area contributed by atoms with E-state index in [1.54, 1.807) is 6.92 Å². The molecule has 0 saturated heterocycles. The van der Waals surface area contributed by atoms with Crippen molar-refractivity contribution in [2.75, 3.05) is 0 Å². The van der Waals surface area contributed by atoms with Crippen LogP contribution in [0, 0.1) is 5.41 Å². The highest BCUT2D eigenvalue weighted by atomic mass is 16.7. The summed E-state index contributed by atoms with van der Waals surface area (Å²) in [4.78, 5) is 13.9. The van der Waals surface area contributed by atoms with Gasteiger partial charge < -0.3 is 4.84 Å². The predicted molar refractivity (Wildman–Crippen MR) is 28.3 cm³/mol. The Kier molecular flexibility index (Phi) is 2.79. The van der Waals surface area contributed by atoms with Crippen LogP contribution in [-0.4, -0.2) is 11.7 Å². The van der Waals surface area contributed by atoms with Crippen molar-refractivity contribution < 1.29 is 9.63 Å². The average molecular weight is 116 g/mol. The minimum atomic E-state index is -0.757. The van der Waals surface area contributed by atoms with Gasteiger partial charge in [0, 0.05) is 0 Å². The van der Waals surface area contributed by atoms with Crippen LogP contribution in [0.3, 0.4) is 0 Å². The third-order valence-electron chi connectivity index (χ3n) is 0.707. The zero-order valence-electron chi connectivity index (χ0n) is 4.60. The molecule has 3 N–H and O–H groups in total. The Labute approximate surface area is 47.1 Å². The maximum Gasteiger partial charge on any atom is 0.370 e. The lowest BCUT2D eigenvalue weighted by Gasteiger charge is -1.92. The van der Waals surface area contributed by atoms with Crippen molar-refractivity contribution in [2.24, 2.45) is 5.90 Å². The highest BCUT2D eigenvalue weighted by Crippen LogP contribution is 1.81. The Morgan fingerprint density at radius 3 is 2.50 bits per heavy atom. The molecule has 0 spiro atoms. The molecule has 8 heavy (non-hydrogen) atoms. The molecule has 0 aromatic heterocycles. The summed E-state index contributed by atoms with van der Waals surface area (Å²) in [6, 6.07) is 0. The van der Waals surface area contributed by atoms with Gasteiger partial charge in [0.15, 0.2) is 0 Å². The number of hydrogen-bond donors (Lipinski definition) is 2. The minimum absolute atomic E-state index is 0.104. The lowest BCUT2D eigenvalue weighted by atomic mass is 10.3. The molecule has 0 bridgehead atoms. The number of nitrogens with two attached hydrogens (primary N) is 1. The van der Waals surface area contributed by atoms with Gasteiger partial charge in [-0.3, -0.25) is 5.41 Å². The van der Waals surface area contributed by atoms with Crippen molar-refractivity contribution in [3.8, 4) is 0 Å². The van der Waals surface area contributed by atoms with Gasteiger partial charge in [-0.05, 0) is 6.42 Å². The van der Waals surface area contributed by atoms with E-state index in [1.807, 2.05) is 0 Å². The molecule has 0 aromatic rings. The summed E-state index contributed by atoms with van der Waals surface area (Å²) in [6.45, 7) is 1.68. The van der Waals surface area contributed by atoms with Crippen molar-refractivity contribution in [3.05, 3.63) is 0 Å². The third-order valence-corrected chi connectivity index (χ3v) is 0.707. The van der Waals surface area contributed by atoms with Gasteiger partial charge in [0.2, 0.25) is 0 Å². The summed E-state index contributed by atoms with van der Waals surface area (Å²) in [7, 11) is 0. The van der Waals surface area contributed by atoms with E-state index in [1.165, 1.54) is 0 Å². The molecule has 46 valence electrons. The molecule has 0 heterocycles. The quantitative estimate of drug-likeness (QED) is 0.388. The first-order valence-electron chi connectivity index (χ1n) is 2.20. The van der Waals surface area contributed by atoms with E-state index >= 15 is 0 Å². The van der Waals surface area contributed by atoms with Gasteiger partial charge in [-0.2, -0.15) is 5.90 Å². The first-order valence-corrected chi connectivity index (χ1v) is 2.20. The molecular weight excluding hydrogens is 108 g/mol. The maximum absolute atomic E-state index is 10.2. The van der Waals surface area contributed by atoms with E-state index in [0.717, 1.165) is 0 Å². The van der Waals surface area contributed by atoms with Crippen molar-refractivity contribution in [2.45, 2.75) is 13.3 Å². The van der Waals surface area contributed by atoms with Crippen LogP contribution in [0.4, 0.5) is 0 Å². The third kappa shape index (κ3) is 1.70. The van der Waals surface area contributed by atoms with E-state index < -0.39 is 5.97 Å². The molecule has 4 heteroatoms. The van der Waals surface area contributed by atoms with Gasteiger partial charge >= 0.3 is 5.97 Å². The second kappa shape index (κ2) is 3.15. The average Bonchev–Trinajstić information content (AvgIpc) is 1.84. The first kappa shape index (κ1) is 7.10.